The van der Waals surface area contributed by atoms with E-state index in [1.165, 1.54) is 36.7 Å². The minimum atomic E-state index is -1.69. The second kappa shape index (κ2) is 10.2. The first-order valence-corrected chi connectivity index (χ1v) is 13.8. The average molecular weight is 475 g/mol. The monoisotopic (exact) mass is 474 g/mol. The first-order valence-electron chi connectivity index (χ1n) is 9.63. The zero-order valence-corrected chi connectivity index (χ0v) is 22.8. The molecule has 0 aliphatic heterocycles. The summed E-state index contributed by atoms with van der Waals surface area (Å²) in [6, 6.07) is 4.45. The molecule has 1 aromatic rings. The molecule has 1 aromatic carbocycles. The minimum Gasteiger partial charge on any atom is -1.00 e. The topological polar surface area (TPSA) is 21.3 Å². The third-order valence-electron chi connectivity index (χ3n) is 4.40. The number of benzene rings is 1. The van der Waals surface area contributed by atoms with Crippen LogP contribution in [-0.4, -0.2) is 13.9 Å². The van der Waals surface area contributed by atoms with Crippen LogP contribution in [0.5, 0.6) is 5.75 Å². The summed E-state index contributed by atoms with van der Waals surface area (Å²) in [5.41, 5.74) is 5.42. The first kappa shape index (κ1) is 27.8. The largest absolute Gasteiger partial charge is 1.00 e. The zero-order chi connectivity index (χ0) is 19.9. The molecular weight excluding hydrogens is 441 g/mol. The fourth-order valence-electron chi connectivity index (χ4n) is 3.44. The van der Waals surface area contributed by atoms with Crippen molar-refractivity contribution in [3.8, 4) is 5.75 Å². The molecule has 0 amide bonds. The summed E-state index contributed by atoms with van der Waals surface area (Å²) in [5, 5.41) is 6.44. The number of nitrogens with one attached hydrogen (secondary N) is 1. The van der Waals surface area contributed by atoms with Gasteiger partial charge in [-0.1, -0.05) is 0 Å². The Kier molecular flexibility index (Phi) is 10.1. The SMILES string of the molecule is CCCC(C)=c1c(O[Si](C)(C)C)ccc2c1=C(NC(C)(C)C)C(C)=[C]2[Ti+2].[Cl-].[Cl-]. The maximum Gasteiger partial charge on any atom is -1.00 e. The van der Waals surface area contributed by atoms with Crippen LogP contribution in [0.1, 0.15) is 59.9 Å². The van der Waals surface area contributed by atoms with Gasteiger partial charge in [-0.05, 0) is 0 Å². The van der Waals surface area contributed by atoms with E-state index in [1.807, 2.05) is 0 Å². The van der Waals surface area contributed by atoms with Gasteiger partial charge in [0.2, 0.25) is 0 Å². The number of fused-ring (bicyclic) bond motifs is 1. The van der Waals surface area contributed by atoms with E-state index in [4.69, 9.17) is 4.43 Å². The van der Waals surface area contributed by atoms with Crippen LogP contribution in [0.3, 0.4) is 0 Å². The van der Waals surface area contributed by atoms with Crippen LogP contribution >= 0.6 is 0 Å². The van der Waals surface area contributed by atoms with Gasteiger partial charge >= 0.3 is 173 Å². The van der Waals surface area contributed by atoms with Gasteiger partial charge in [0.15, 0.2) is 0 Å². The van der Waals surface area contributed by atoms with Gasteiger partial charge in [-0.15, -0.1) is 0 Å². The van der Waals surface area contributed by atoms with Crippen LogP contribution in [0.2, 0.25) is 19.6 Å². The van der Waals surface area contributed by atoms with Gasteiger partial charge < -0.3 is 24.8 Å². The summed E-state index contributed by atoms with van der Waals surface area (Å²) in [6.07, 6.45) is 2.24. The molecule has 0 spiro atoms. The Morgan fingerprint density at radius 1 is 1.14 bits per heavy atom. The van der Waals surface area contributed by atoms with Gasteiger partial charge in [0.25, 0.3) is 0 Å². The maximum absolute atomic E-state index is 6.53. The molecule has 0 fully saturated rings. The van der Waals surface area contributed by atoms with Crippen molar-refractivity contribution < 1.29 is 49.7 Å². The van der Waals surface area contributed by atoms with E-state index in [2.05, 4.69) is 99.1 Å². The molecule has 28 heavy (non-hydrogen) atoms. The van der Waals surface area contributed by atoms with Crippen molar-refractivity contribution in [2.45, 2.75) is 79.6 Å². The van der Waals surface area contributed by atoms with Crippen molar-refractivity contribution >= 4 is 23.5 Å². The van der Waals surface area contributed by atoms with Crippen LogP contribution in [0, 0.1) is 0 Å². The normalized spacial score (nSPS) is 14.9. The molecule has 2 rings (SSSR count). The molecule has 0 saturated carbocycles. The van der Waals surface area contributed by atoms with Gasteiger partial charge in [0, 0.05) is 0 Å². The quantitative estimate of drug-likeness (QED) is 0.533. The van der Waals surface area contributed by atoms with Gasteiger partial charge in [-0.3, -0.25) is 0 Å². The van der Waals surface area contributed by atoms with E-state index in [0.717, 1.165) is 18.6 Å². The van der Waals surface area contributed by atoms with Gasteiger partial charge in [-0.2, -0.15) is 0 Å². The van der Waals surface area contributed by atoms with Gasteiger partial charge in [0.1, 0.15) is 0 Å². The van der Waals surface area contributed by atoms with Gasteiger partial charge in [-0.25, -0.2) is 0 Å². The molecule has 0 saturated heterocycles. The van der Waals surface area contributed by atoms with Crippen molar-refractivity contribution in [2.24, 2.45) is 0 Å². The molecule has 1 N–H and O–H groups in total. The molecule has 6 heteroatoms. The number of rotatable bonds is 5. The first-order chi connectivity index (χ1) is 11.9. The molecule has 2 nitrogen and oxygen atoms in total. The Balaban J connectivity index is 0.00000364. The Bertz CT molecular complexity index is 864. The smallest absolute Gasteiger partial charge is 1.00 e. The zero-order valence-electron chi connectivity index (χ0n) is 18.7. The van der Waals surface area contributed by atoms with Crippen molar-refractivity contribution in [3.05, 3.63) is 33.7 Å². The van der Waals surface area contributed by atoms with Crippen LogP contribution in [0.4, 0.5) is 0 Å². The number of hydrogen-bond acceptors (Lipinski definition) is 2. The Labute approximate surface area is 196 Å². The van der Waals surface area contributed by atoms with E-state index in [-0.39, 0.29) is 30.4 Å². The molecular formula is C22H34Cl2NOSiTi. The Morgan fingerprint density at radius 3 is 2.18 bits per heavy atom. The molecule has 0 atom stereocenters. The molecule has 0 aromatic heterocycles. The second-order valence-electron chi connectivity index (χ2n) is 9.36. The third kappa shape index (κ3) is 6.40. The standard InChI is InChI=1S/C22H34NOSi.2ClH.Ti/c1-10-11-15(2)19-18(24-25(7,8)9)13-12-17-14-16(3)21(20(17)19)23-22(4,5)6;;;/h12-13,23H,10-11H2,1-9H3;2*1H;/q;;;+2/p-2. The fourth-order valence-corrected chi connectivity index (χ4v) is 4.79. The van der Waals surface area contributed by atoms with Crippen LogP contribution in [0.25, 0.3) is 15.1 Å². The molecule has 0 bridgehead atoms. The molecule has 0 radical (unpaired) electrons. The average Bonchev–Trinajstić information content (AvgIpc) is 2.69. The van der Waals surface area contributed by atoms with Crippen molar-refractivity contribution in [1.82, 2.24) is 5.32 Å². The molecule has 1 aliphatic carbocycles. The summed E-state index contributed by atoms with van der Waals surface area (Å²) in [5.74, 6) is 1.06. The van der Waals surface area contributed by atoms with E-state index in [1.54, 1.807) is 0 Å². The van der Waals surface area contributed by atoms with E-state index in [0.29, 0.717) is 0 Å². The third-order valence-corrected chi connectivity index (χ3v) is 6.24. The summed E-state index contributed by atoms with van der Waals surface area (Å²) in [4.78, 5) is 0. The maximum atomic E-state index is 6.53. The van der Waals surface area contributed by atoms with E-state index >= 15 is 0 Å². The van der Waals surface area contributed by atoms with Crippen molar-refractivity contribution in [1.29, 1.82) is 0 Å². The molecule has 0 heterocycles. The summed E-state index contributed by atoms with van der Waals surface area (Å²) < 4.78 is 7.91. The van der Waals surface area contributed by atoms with E-state index < -0.39 is 8.32 Å². The molecule has 155 valence electrons. The predicted molar refractivity (Wildman–Crippen MR) is 113 cm³/mol. The predicted octanol–water partition coefficient (Wildman–Crippen LogP) is -1.33. The second-order valence-corrected chi connectivity index (χ2v) is 14.6. The Hall–Kier alpha value is -0.189. The summed E-state index contributed by atoms with van der Waals surface area (Å²) in [7, 11) is -1.69. The number of halogens is 2. The van der Waals surface area contributed by atoms with Crippen LogP contribution < -0.4 is 45.0 Å². The van der Waals surface area contributed by atoms with Crippen molar-refractivity contribution in [2.75, 3.05) is 0 Å². The fraction of sp³-hybridized carbons (Fsp3) is 0.545. The van der Waals surface area contributed by atoms with Gasteiger partial charge in [0.05, 0.1) is 0 Å². The van der Waals surface area contributed by atoms with Crippen molar-refractivity contribution in [3.63, 3.8) is 0 Å². The molecule has 1 aliphatic rings. The Morgan fingerprint density at radius 2 is 1.71 bits per heavy atom. The summed E-state index contributed by atoms with van der Waals surface area (Å²) >= 11 is 2.24. The number of hydrogen-bond donors (Lipinski definition) is 1. The molecule has 0 unspecified atom stereocenters. The summed E-state index contributed by atoms with van der Waals surface area (Å²) in [6.45, 7) is 20.2. The van der Waals surface area contributed by atoms with Crippen LogP contribution in [0.15, 0.2) is 17.7 Å². The van der Waals surface area contributed by atoms with Crippen LogP contribution in [-0.2, 0) is 20.4 Å². The van der Waals surface area contributed by atoms with E-state index in [9.17, 15) is 0 Å². The minimum absolute atomic E-state index is 0.